The Morgan fingerprint density at radius 3 is 2.83 bits per heavy atom. The molecule has 0 aliphatic carbocycles. The molecule has 0 unspecified atom stereocenters. The fourth-order valence-electron chi connectivity index (χ4n) is 3.80. The lowest BCUT2D eigenvalue weighted by Crippen LogP contribution is -2.46. The van der Waals surface area contributed by atoms with Crippen molar-refractivity contribution in [2.24, 2.45) is 11.7 Å². The van der Waals surface area contributed by atoms with E-state index in [1.54, 1.807) is 21.7 Å². The lowest BCUT2D eigenvalue weighted by Gasteiger charge is -2.38. The number of aromatic nitrogens is 2. The summed E-state index contributed by atoms with van der Waals surface area (Å²) in [5.41, 5.74) is 9.01. The highest BCUT2D eigenvalue weighted by molar-refractivity contribution is 7.16. The molecule has 1 aliphatic rings. The Balaban J connectivity index is 1.59. The fraction of sp³-hybridized carbons (Fsp3) is 0.286. The largest absolute Gasteiger partial charge is 0.365 e. The zero-order chi connectivity index (χ0) is 21.3. The van der Waals surface area contributed by atoms with E-state index >= 15 is 0 Å². The summed E-state index contributed by atoms with van der Waals surface area (Å²) in [5.74, 6) is -1.98. The summed E-state index contributed by atoms with van der Waals surface area (Å²) in [4.78, 5) is 47.3. The Morgan fingerprint density at radius 1 is 1.20 bits per heavy atom. The number of fused-ring (bicyclic) bond motifs is 1. The smallest absolute Gasteiger partial charge is 0.315 e. The third kappa shape index (κ3) is 3.88. The fourth-order valence-corrected chi connectivity index (χ4v) is 4.46. The van der Waals surface area contributed by atoms with Gasteiger partial charge in [0.2, 0.25) is 0 Å². The van der Waals surface area contributed by atoms with Gasteiger partial charge in [0, 0.05) is 12.7 Å². The molecule has 3 heterocycles. The molecular weight excluding hydrogens is 402 g/mol. The minimum absolute atomic E-state index is 0.0196. The van der Waals surface area contributed by atoms with Crippen molar-refractivity contribution in [1.29, 1.82) is 0 Å². The highest BCUT2D eigenvalue weighted by Gasteiger charge is 2.34. The van der Waals surface area contributed by atoms with Crippen LogP contribution in [0.2, 0.25) is 0 Å². The van der Waals surface area contributed by atoms with Gasteiger partial charge in [-0.15, -0.1) is 11.3 Å². The van der Waals surface area contributed by atoms with Gasteiger partial charge >= 0.3 is 11.8 Å². The lowest BCUT2D eigenvalue weighted by molar-refractivity contribution is -0.146. The topological polar surface area (TPSA) is 118 Å². The first kappa shape index (κ1) is 20.0. The molecule has 1 saturated heterocycles. The van der Waals surface area contributed by atoms with Gasteiger partial charge in [-0.2, -0.15) is 0 Å². The Labute approximate surface area is 177 Å². The van der Waals surface area contributed by atoms with Crippen LogP contribution in [0, 0.1) is 5.92 Å². The molecule has 1 aromatic carbocycles. The van der Waals surface area contributed by atoms with Crippen molar-refractivity contribution >= 4 is 45.1 Å². The van der Waals surface area contributed by atoms with E-state index in [1.807, 2.05) is 18.2 Å². The normalized spacial score (nSPS) is 18.9. The van der Waals surface area contributed by atoms with Crippen LogP contribution in [0.1, 0.15) is 41.7 Å². The Kier molecular flexibility index (Phi) is 5.45. The van der Waals surface area contributed by atoms with Crippen molar-refractivity contribution in [3.63, 3.8) is 0 Å². The summed E-state index contributed by atoms with van der Waals surface area (Å²) in [6.07, 6.45) is 3.13. The second-order valence-electron chi connectivity index (χ2n) is 7.45. The Morgan fingerprint density at radius 2 is 2.03 bits per heavy atom. The molecule has 3 N–H and O–H groups in total. The van der Waals surface area contributed by atoms with Gasteiger partial charge in [-0.3, -0.25) is 14.4 Å². The minimum Gasteiger partial charge on any atom is -0.365 e. The maximum Gasteiger partial charge on any atom is 0.315 e. The van der Waals surface area contributed by atoms with Crippen LogP contribution in [-0.2, 0) is 9.59 Å². The first-order chi connectivity index (χ1) is 14.4. The van der Waals surface area contributed by atoms with Crippen molar-refractivity contribution < 1.29 is 14.4 Å². The van der Waals surface area contributed by atoms with E-state index in [1.165, 1.54) is 18.3 Å². The van der Waals surface area contributed by atoms with E-state index in [0.717, 1.165) is 28.6 Å². The van der Waals surface area contributed by atoms with Crippen LogP contribution in [0.15, 0.2) is 42.0 Å². The summed E-state index contributed by atoms with van der Waals surface area (Å²) < 4.78 is 1.08. The van der Waals surface area contributed by atoms with Crippen LogP contribution in [0.4, 0.5) is 5.82 Å². The van der Waals surface area contributed by atoms with E-state index in [0.29, 0.717) is 6.54 Å². The number of primary amides is 1. The van der Waals surface area contributed by atoms with Crippen LogP contribution in [0.3, 0.4) is 0 Å². The highest BCUT2D eigenvalue weighted by atomic mass is 32.1. The zero-order valence-corrected chi connectivity index (χ0v) is 17.2. The number of carbonyl (C=O) groups is 3. The maximum atomic E-state index is 13.1. The molecule has 2 aromatic heterocycles. The van der Waals surface area contributed by atoms with Gasteiger partial charge < -0.3 is 16.0 Å². The van der Waals surface area contributed by atoms with Gasteiger partial charge in [0.1, 0.15) is 5.82 Å². The zero-order valence-electron chi connectivity index (χ0n) is 16.4. The number of hydrogen-bond acceptors (Lipinski definition) is 6. The summed E-state index contributed by atoms with van der Waals surface area (Å²) >= 11 is 1.56. The average Bonchev–Trinajstić information content (AvgIpc) is 3.21. The Bertz CT molecular complexity index is 1130. The number of nitrogens with two attached hydrogens (primary N) is 1. The summed E-state index contributed by atoms with van der Waals surface area (Å²) in [7, 11) is 0. The van der Waals surface area contributed by atoms with Crippen LogP contribution < -0.4 is 11.1 Å². The first-order valence-electron chi connectivity index (χ1n) is 9.64. The Hall–Kier alpha value is -3.33. The van der Waals surface area contributed by atoms with Gasteiger partial charge in [0.25, 0.3) is 5.91 Å². The van der Waals surface area contributed by atoms with Gasteiger partial charge in [-0.1, -0.05) is 13.0 Å². The summed E-state index contributed by atoms with van der Waals surface area (Å²) in [6.45, 7) is 2.53. The van der Waals surface area contributed by atoms with Crippen LogP contribution in [0.5, 0.6) is 0 Å². The number of hydrogen-bond donors (Lipinski definition) is 2. The monoisotopic (exact) mass is 423 g/mol. The number of thiazole rings is 1. The van der Waals surface area contributed by atoms with Crippen molar-refractivity contribution in [2.45, 2.75) is 25.8 Å². The number of rotatable bonds is 3. The summed E-state index contributed by atoms with van der Waals surface area (Å²) in [5, 5.41) is 2.45. The predicted molar refractivity (Wildman–Crippen MR) is 114 cm³/mol. The van der Waals surface area contributed by atoms with E-state index < -0.39 is 17.7 Å². The standard InChI is InChI=1S/C21H21N5O3S/c1-12-4-6-16(13-5-7-17-15(9-13)24-11-30-17)26(10-12)21(29)20(28)25-19-14(18(22)27)3-2-8-23-19/h2-3,5,7-9,11-12,16H,4,6,10H2,1H3,(H2,22,27)(H,23,25,28)/t12-,16+/m1/s1. The predicted octanol–water partition coefficient (Wildman–Crippen LogP) is 2.73. The van der Waals surface area contributed by atoms with E-state index in [-0.39, 0.29) is 23.3 Å². The van der Waals surface area contributed by atoms with E-state index in [2.05, 4.69) is 22.2 Å². The molecule has 1 aliphatic heterocycles. The van der Waals surface area contributed by atoms with Crippen LogP contribution >= 0.6 is 11.3 Å². The second kappa shape index (κ2) is 8.19. The average molecular weight is 423 g/mol. The number of likely N-dealkylation sites (tertiary alicyclic amines) is 1. The number of anilines is 1. The molecule has 0 bridgehead atoms. The highest BCUT2D eigenvalue weighted by Crippen LogP contribution is 2.35. The van der Waals surface area contributed by atoms with Gasteiger partial charge in [-0.05, 0) is 48.6 Å². The SMILES string of the molecule is C[C@@H]1CC[C@@H](c2ccc3scnc3c2)N(C(=O)C(=O)Nc2ncccc2C(N)=O)C1. The molecule has 4 rings (SSSR count). The van der Waals surface area contributed by atoms with E-state index in [4.69, 9.17) is 5.73 Å². The molecule has 154 valence electrons. The number of pyridine rings is 1. The molecular formula is C21H21N5O3S. The maximum absolute atomic E-state index is 13.1. The molecule has 3 amide bonds. The molecule has 30 heavy (non-hydrogen) atoms. The number of amides is 3. The molecule has 3 aromatic rings. The quantitative estimate of drug-likeness (QED) is 0.628. The molecule has 0 saturated carbocycles. The van der Waals surface area contributed by atoms with Crippen molar-refractivity contribution in [2.75, 3.05) is 11.9 Å². The first-order valence-corrected chi connectivity index (χ1v) is 10.5. The molecule has 8 nitrogen and oxygen atoms in total. The molecule has 0 spiro atoms. The molecule has 1 fully saturated rings. The van der Waals surface area contributed by atoms with Gasteiger partial charge in [0.15, 0.2) is 0 Å². The molecule has 2 atom stereocenters. The number of carbonyl (C=O) groups excluding carboxylic acids is 3. The van der Waals surface area contributed by atoms with Crippen LogP contribution in [-0.4, -0.2) is 39.1 Å². The summed E-state index contributed by atoms with van der Waals surface area (Å²) in [6, 6.07) is 8.73. The van der Waals surface area contributed by atoms with Crippen molar-refractivity contribution in [3.05, 3.63) is 53.2 Å². The number of piperidine rings is 1. The third-order valence-electron chi connectivity index (χ3n) is 5.32. The van der Waals surface area contributed by atoms with E-state index in [9.17, 15) is 14.4 Å². The molecule has 9 heteroatoms. The third-order valence-corrected chi connectivity index (χ3v) is 6.13. The number of nitrogens with one attached hydrogen (secondary N) is 1. The van der Waals surface area contributed by atoms with Crippen molar-refractivity contribution in [1.82, 2.24) is 14.9 Å². The molecule has 0 radical (unpaired) electrons. The lowest BCUT2D eigenvalue weighted by atomic mass is 9.89. The number of benzene rings is 1. The van der Waals surface area contributed by atoms with Gasteiger partial charge in [-0.25, -0.2) is 9.97 Å². The number of nitrogens with zero attached hydrogens (tertiary/aromatic N) is 3. The van der Waals surface area contributed by atoms with Crippen LogP contribution in [0.25, 0.3) is 10.2 Å². The second-order valence-corrected chi connectivity index (χ2v) is 8.34. The van der Waals surface area contributed by atoms with Crippen molar-refractivity contribution in [3.8, 4) is 0 Å². The van der Waals surface area contributed by atoms with Gasteiger partial charge in [0.05, 0.1) is 27.3 Å². The minimum atomic E-state index is -0.843.